The van der Waals surface area contributed by atoms with Gasteiger partial charge >= 0.3 is 0 Å². The second kappa shape index (κ2) is 4.91. The average molecular weight is 264 g/mol. The molecular formula is C15H28N4. The van der Waals surface area contributed by atoms with Gasteiger partial charge in [0.2, 0.25) is 0 Å². The molecule has 0 aliphatic carbocycles. The highest BCUT2D eigenvalue weighted by atomic mass is 15.3. The van der Waals surface area contributed by atoms with E-state index in [1.165, 1.54) is 11.3 Å². The van der Waals surface area contributed by atoms with E-state index in [4.69, 9.17) is 0 Å². The van der Waals surface area contributed by atoms with Gasteiger partial charge in [0, 0.05) is 42.0 Å². The Hall–Kier alpha value is -0.870. The fraction of sp³-hybridized carbons (Fsp3) is 0.800. The summed E-state index contributed by atoms with van der Waals surface area (Å²) in [6, 6.07) is 0.561. The smallest absolute Gasteiger partial charge is 0.0537 e. The molecule has 0 atom stereocenters. The van der Waals surface area contributed by atoms with Crippen molar-refractivity contribution < 1.29 is 0 Å². The number of piperidine rings is 1. The van der Waals surface area contributed by atoms with Crippen LogP contribution in [0.5, 0.6) is 0 Å². The molecule has 0 bridgehead atoms. The minimum atomic E-state index is 0.198. The first kappa shape index (κ1) is 14.5. The minimum Gasteiger partial charge on any atom is -0.310 e. The summed E-state index contributed by atoms with van der Waals surface area (Å²) in [5.41, 5.74) is 2.95. The molecule has 4 nitrogen and oxygen atoms in total. The standard InChI is InChI=1S/C15H28N4/c1-11-12(10-17-19(11)6)9-16-13-7-14(2,3)18-15(4,5)8-13/h10,13,16,18H,7-9H2,1-6H3. The van der Waals surface area contributed by atoms with Crippen LogP contribution in [-0.2, 0) is 13.6 Å². The lowest BCUT2D eigenvalue weighted by molar-refractivity contribution is 0.145. The molecule has 1 saturated heterocycles. The summed E-state index contributed by atoms with van der Waals surface area (Å²) >= 11 is 0. The van der Waals surface area contributed by atoms with Crippen LogP contribution >= 0.6 is 0 Å². The number of hydrogen-bond donors (Lipinski definition) is 2. The number of hydrogen-bond acceptors (Lipinski definition) is 3. The highest BCUT2D eigenvalue weighted by Crippen LogP contribution is 2.28. The van der Waals surface area contributed by atoms with Crippen molar-refractivity contribution in [1.29, 1.82) is 0 Å². The molecule has 1 fully saturated rings. The third-order valence-electron chi connectivity index (χ3n) is 4.11. The molecule has 0 aromatic carbocycles. The van der Waals surface area contributed by atoms with Crippen molar-refractivity contribution in [1.82, 2.24) is 20.4 Å². The highest BCUT2D eigenvalue weighted by molar-refractivity contribution is 5.15. The molecule has 1 aliphatic heterocycles. The lowest BCUT2D eigenvalue weighted by atomic mass is 9.79. The van der Waals surface area contributed by atoms with Crippen LogP contribution in [0.3, 0.4) is 0 Å². The Kier molecular flexibility index (Phi) is 3.76. The monoisotopic (exact) mass is 264 g/mol. The molecule has 2 heterocycles. The summed E-state index contributed by atoms with van der Waals surface area (Å²) in [5.74, 6) is 0. The van der Waals surface area contributed by atoms with Crippen molar-refractivity contribution >= 4 is 0 Å². The Balaban J connectivity index is 1.98. The van der Waals surface area contributed by atoms with Crippen LogP contribution in [0.1, 0.15) is 51.8 Å². The first-order chi connectivity index (χ1) is 8.69. The van der Waals surface area contributed by atoms with E-state index in [1.54, 1.807) is 0 Å². The Morgan fingerprint density at radius 3 is 2.37 bits per heavy atom. The first-order valence-electron chi connectivity index (χ1n) is 7.19. The number of aromatic nitrogens is 2. The third-order valence-corrected chi connectivity index (χ3v) is 4.11. The van der Waals surface area contributed by atoms with Crippen molar-refractivity contribution in [3.63, 3.8) is 0 Å². The molecule has 1 aromatic rings. The maximum absolute atomic E-state index is 4.30. The number of nitrogens with one attached hydrogen (secondary N) is 2. The molecule has 0 spiro atoms. The molecule has 108 valence electrons. The van der Waals surface area contributed by atoms with Crippen molar-refractivity contribution in [3.05, 3.63) is 17.5 Å². The van der Waals surface area contributed by atoms with Crippen molar-refractivity contribution in [3.8, 4) is 0 Å². The SMILES string of the molecule is Cc1c(CNC2CC(C)(C)NC(C)(C)C2)cnn1C. The van der Waals surface area contributed by atoms with Gasteiger partial charge in [-0.25, -0.2) is 0 Å². The summed E-state index contributed by atoms with van der Waals surface area (Å²) in [7, 11) is 2.00. The van der Waals surface area contributed by atoms with E-state index in [2.05, 4.69) is 50.4 Å². The fourth-order valence-electron chi connectivity index (χ4n) is 3.44. The van der Waals surface area contributed by atoms with Crippen molar-refractivity contribution in [2.45, 2.75) is 71.1 Å². The van der Waals surface area contributed by atoms with Gasteiger partial charge in [-0.15, -0.1) is 0 Å². The summed E-state index contributed by atoms with van der Waals surface area (Å²) in [6.07, 6.45) is 4.30. The zero-order valence-electron chi connectivity index (χ0n) is 13.2. The largest absolute Gasteiger partial charge is 0.310 e. The molecule has 2 N–H and O–H groups in total. The average Bonchev–Trinajstić information content (AvgIpc) is 2.53. The molecule has 0 saturated carbocycles. The zero-order chi connectivity index (χ0) is 14.3. The van der Waals surface area contributed by atoms with Crippen LogP contribution in [0.25, 0.3) is 0 Å². The van der Waals surface area contributed by atoms with Gasteiger partial charge < -0.3 is 10.6 Å². The van der Waals surface area contributed by atoms with Gasteiger partial charge in [0.25, 0.3) is 0 Å². The van der Waals surface area contributed by atoms with Gasteiger partial charge in [-0.1, -0.05) is 0 Å². The molecule has 0 amide bonds. The predicted molar refractivity (Wildman–Crippen MR) is 79.1 cm³/mol. The number of nitrogens with zero attached hydrogens (tertiary/aromatic N) is 2. The summed E-state index contributed by atoms with van der Waals surface area (Å²) in [4.78, 5) is 0. The van der Waals surface area contributed by atoms with Gasteiger partial charge in [-0.2, -0.15) is 5.10 Å². The van der Waals surface area contributed by atoms with E-state index in [0.717, 1.165) is 19.4 Å². The van der Waals surface area contributed by atoms with Gasteiger partial charge in [0.1, 0.15) is 0 Å². The summed E-state index contributed by atoms with van der Waals surface area (Å²) in [5, 5.41) is 11.7. The van der Waals surface area contributed by atoms with Gasteiger partial charge in [0.05, 0.1) is 6.20 Å². The van der Waals surface area contributed by atoms with E-state index in [9.17, 15) is 0 Å². The van der Waals surface area contributed by atoms with Gasteiger partial charge in [0.15, 0.2) is 0 Å². The lowest BCUT2D eigenvalue weighted by Gasteiger charge is -2.46. The van der Waals surface area contributed by atoms with E-state index in [-0.39, 0.29) is 11.1 Å². The molecule has 0 radical (unpaired) electrons. The highest BCUT2D eigenvalue weighted by Gasteiger charge is 2.37. The Labute approximate surface area is 117 Å². The quantitative estimate of drug-likeness (QED) is 0.879. The zero-order valence-corrected chi connectivity index (χ0v) is 13.2. The maximum Gasteiger partial charge on any atom is 0.0537 e. The lowest BCUT2D eigenvalue weighted by Crippen LogP contribution is -2.61. The number of rotatable bonds is 3. The molecule has 1 aromatic heterocycles. The molecule has 19 heavy (non-hydrogen) atoms. The fourth-order valence-corrected chi connectivity index (χ4v) is 3.44. The normalized spacial score (nSPS) is 22.6. The second-order valence-corrected chi connectivity index (χ2v) is 7.26. The molecule has 2 rings (SSSR count). The van der Waals surface area contributed by atoms with Crippen LogP contribution in [-0.4, -0.2) is 26.9 Å². The summed E-state index contributed by atoms with van der Waals surface area (Å²) < 4.78 is 1.94. The van der Waals surface area contributed by atoms with Gasteiger partial charge in [-0.3, -0.25) is 4.68 Å². The number of aryl methyl sites for hydroxylation is 1. The van der Waals surface area contributed by atoms with E-state index in [0.29, 0.717) is 6.04 Å². The van der Waals surface area contributed by atoms with Crippen molar-refractivity contribution in [2.24, 2.45) is 7.05 Å². The van der Waals surface area contributed by atoms with Gasteiger partial charge in [-0.05, 0) is 47.5 Å². The van der Waals surface area contributed by atoms with Crippen LogP contribution in [0.4, 0.5) is 0 Å². The summed E-state index contributed by atoms with van der Waals surface area (Å²) in [6.45, 7) is 12.2. The Morgan fingerprint density at radius 1 is 1.32 bits per heavy atom. The maximum atomic E-state index is 4.30. The van der Waals surface area contributed by atoms with Crippen LogP contribution in [0.15, 0.2) is 6.20 Å². The first-order valence-corrected chi connectivity index (χ1v) is 7.19. The Morgan fingerprint density at radius 2 is 1.89 bits per heavy atom. The van der Waals surface area contributed by atoms with E-state index < -0.39 is 0 Å². The topological polar surface area (TPSA) is 41.9 Å². The van der Waals surface area contributed by atoms with Crippen molar-refractivity contribution in [2.75, 3.05) is 0 Å². The van der Waals surface area contributed by atoms with E-state index >= 15 is 0 Å². The van der Waals surface area contributed by atoms with E-state index in [1.807, 2.05) is 17.9 Å². The van der Waals surface area contributed by atoms with Crippen LogP contribution < -0.4 is 10.6 Å². The predicted octanol–water partition coefficient (Wildman–Crippen LogP) is 2.13. The molecule has 1 aliphatic rings. The van der Waals surface area contributed by atoms with Crippen LogP contribution in [0, 0.1) is 6.92 Å². The molecule has 0 unspecified atom stereocenters. The molecule has 4 heteroatoms. The third kappa shape index (κ3) is 3.57. The minimum absolute atomic E-state index is 0.198. The van der Waals surface area contributed by atoms with Crippen LogP contribution in [0.2, 0.25) is 0 Å². The second-order valence-electron chi connectivity index (χ2n) is 7.26. The Bertz CT molecular complexity index is 429. The molecular weight excluding hydrogens is 236 g/mol.